The van der Waals surface area contributed by atoms with Crippen molar-refractivity contribution in [3.63, 3.8) is 0 Å². The van der Waals surface area contributed by atoms with E-state index in [1.165, 1.54) is 0 Å². The van der Waals surface area contributed by atoms with E-state index in [-0.39, 0.29) is 18.1 Å². The largest absolute Gasteiger partial charge is 0.354 e. The number of benzene rings is 1. The van der Waals surface area contributed by atoms with Crippen LogP contribution in [0.5, 0.6) is 0 Å². The summed E-state index contributed by atoms with van der Waals surface area (Å²) in [5.41, 5.74) is 1.000. The van der Waals surface area contributed by atoms with E-state index in [1.807, 2.05) is 12.1 Å². The van der Waals surface area contributed by atoms with Crippen LogP contribution in [0.15, 0.2) is 24.3 Å². The first-order valence-electron chi connectivity index (χ1n) is 4.71. The molecule has 0 bridgehead atoms. The molecule has 15 heavy (non-hydrogen) atoms. The maximum atomic E-state index is 11.5. The number of carbonyl (C=O) groups is 1. The second-order valence-electron chi connectivity index (χ2n) is 3.76. The molecule has 0 unspecified atom stereocenters. The highest BCUT2D eigenvalue weighted by Crippen LogP contribution is 2.39. The minimum absolute atomic E-state index is 0.00921. The van der Waals surface area contributed by atoms with Gasteiger partial charge in [-0.2, -0.15) is 0 Å². The van der Waals surface area contributed by atoms with E-state index in [9.17, 15) is 4.79 Å². The van der Waals surface area contributed by atoms with Crippen molar-refractivity contribution in [3.05, 3.63) is 34.9 Å². The van der Waals surface area contributed by atoms with Crippen molar-refractivity contribution in [2.24, 2.45) is 0 Å². The summed E-state index contributed by atoms with van der Waals surface area (Å²) >= 11 is 5.77. The van der Waals surface area contributed by atoms with Crippen LogP contribution >= 0.6 is 11.6 Å². The first-order chi connectivity index (χ1) is 7.09. The Hall–Kier alpha value is -1.06. The highest BCUT2D eigenvalue weighted by atomic mass is 35.5. The average Bonchev–Trinajstić information content (AvgIpc) is 2.97. The minimum atomic E-state index is -0.318. The number of ether oxygens (including phenoxy) is 1. The fraction of sp³-hybridized carbons (Fsp3) is 0.364. The zero-order chi connectivity index (χ0) is 11.0. The molecule has 0 saturated carbocycles. The molecule has 1 amide bonds. The van der Waals surface area contributed by atoms with Gasteiger partial charge in [0, 0.05) is 19.1 Å². The minimum Gasteiger partial charge on any atom is -0.354 e. The molecule has 2 rings (SSSR count). The molecule has 0 spiro atoms. The lowest BCUT2D eigenvalue weighted by Gasteiger charge is -2.06. The smallest absolute Gasteiger partial charge is 0.254 e. The van der Waals surface area contributed by atoms with Crippen LogP contribution < -0.4 is 0 Å². The Kier molecular flexibility index (Phi) is 2.67. The summed E-state index contributed by atoms with van der Waals surface area (Å²) in [7, 11) is 3.45. The van der Waals surface area contributed by atoms with Crippen molar-refractivity contribution in [1.82, 2.24) is 4.90 Å². The number of hydrogen-bond donors (Lipinski definition) is 0. The Balaban J connectivity index is 2.05. The predicted molar refractivity (Wildman–Crippen MR) is 57.8 cm³/mol. The highest BCUT2D eigenvalue weighted by molar-refractivity contribution is 6.30. The molecule has 1 aliphatic heterocycles. The van der Waals surface area contributed by atoms with Crippen LogP contribution in [0.25, 0.3) is 0 Å². The van der Waals surface area contributed by atoms with Gasteiger partial charge >= 0.3 is 0 Å². The van der Waals surface area contributed by atoms with Crippen molar-refractivity contribution in [2.45, 2.75) is 12.2 Å². The van der Waals surface area contributed by atoms with Crippen molar-refractivity contribution in [3.8, 4) is 0 Å². The average molecular weight is 226 g/mol. The molecule has 1 heterocycles. The summed E-state index contributed by atoms with van der Waals surface area (Å²) in [5.74, 6) is 0.00921. The summed E-state index contributed by atoms with van der Waals surface area (Å²) in [6.07, 6.45) is -0.418. The van der Waals surface area contributed by atoms with Gasteiger partial charge in [-0.15, -0.1) is 0 Å². The molecule has 1 fully saturated rings. The molecule has 1 saturated heterocycles. The van der Waals surface area contributed by atoms with Gasteiger partial charge in [0.05, 0.1) is 0 Å². The molecule has 2 atom stereocenters. The van der Waals surface area contributed by atoms with Crippen molar-refractivity contribution in [1.29, 1.82) is 0 Å². The van der Waals surface area contributed by atoms with E-state index in [0.29, 0.717) is 5.02 Å². The molecular formula is C11H12ClNO2. The van der Waals surface area contributed by atoms with Gasteiger partial charge in [-0.3, -0.25) is 4.79 Å². The first kappa shape index (κ1) is 10.5. The number of hydrogen-bond acceptors (Lipinski definition) is 2. The molecule has 0 radical (unpaired) electrons. The SMILES string of the molecule is CN(C)C(=O)[C@@H]1O[C@@H]1c1ccc(Cl)cc1. The lowest BCUT2D eigenvalue weighted by Crippen LogP contribution is -2.26. The summed E-state index contributed by atoms with van der Waals surface area (Å²) in [6.45, 7) is 0. The van der Waals surface area contributed by atoms with Crippen LogP contribution in [0.1, 0.15) is 11.7 Å². The summed E-state index contributed by atoms with van der Waals surface area (Å²) in [5, 5.41) is 0.690. The number of amides is 1. The molecule has 1 aromatic rings. The van der Waals surface area contributed by atoms with Crippen LogP contribution in [0.4, 0.5) is 0 Å². The molecule has 4 heteroatoms. The second kappa shape index (κ2) is 3.83. The van der Waals surface area contributed by atoms with Crippen LogP contribution in [0, 0.1) is 0 Å². The second-order valence-corrected chi connectivity index (χ2v) is 4.20. The van der Waals surface area contributed by atoms with Gasteiger partial charge in [0.15, 0.2) is 6.10 Å². The van der Waals surface area contributed by atoms with Crippen LogP contribution in [-0.2, 0) is 9.53 Å². The van der Waals surface area contributed by atoms with Crippen LogP contribution in [0.2, 0.25) is 5.02 Å². The number of epoxide rings is 1. The standard InChI is InChI=1S/C11H12ClNO2/c1-13(2)11(14)10-9(15-10)7-3-5-8(12)6-4-7/h3-6,9-10H,1-2H3/t9-,10-/m1/s1. The molecule has 0 aromatic heterocycles. The van der Waals surface area contributed by atoms with E-state index in [4.69, 9.17) is 16.3 Å². The number of halogens is 1. The predicted octanol–water partition coefficient (Wildman–Crippen LogP) is 1.87. The lowest BCUT2D eigenvalue weighted by molar-refractivity contribution is -0.129. The zero-order valence-corrected chi connectivity index (χ0v) is 9.36. The summed E-state index contributed by atoms with van der Waals surface area (Å²) in [6, 6.07) is 7.37. The van der Waals surface area contributed by atoms with Gasteiger partial charge in [0.1, 0.15) is 6.10 Å². The first-order valence-corrected chi connectivity index (χ1v) is 5.09. The molecular weight excluding hydrogens is 214 g/mol. The molecule has 1 aliphatic rings. The highest BCUT2D eigenvalue weighted by Gasteiger charge is 2.46. The Bertz CT molecular complexity index is 375. The number of likely N-dealkylation sites (N-methyl/N-ethyl adjacent to an activating group) is 1. The Labute approximate surface area is 93.6 Å². The van der Waals surface area contributed by atoms with Gasteiger partial charge in [0.2, 0.25) is 0 Å². The van der Waals surface area contributed by atoms with Crippen molar-refractivity contribution >= 4 is 17.5 Å². The molecule has 80 valence electrons. The Morgan fingerprint density at radius 2 is 1.93 bits per heavy atom. The zero-order valence-electron chi connectivity index (χ0n) is 8.61. The molecule has 0 N–H and O–H groups in total. The van der Waals surface area contributed by atoms with Gasteiger partial charge in [-0.05, 0) is 17.7 Å². The summed E-state index contributed by atoms with van der Waals surface area (Å²) < 4.78 is 5.33. The van der Waals surface area contributed by atoms with Crippen molar-refractivity contribution in [2.75, 3.05) is 14.1 Å². The third-order valence-electron chi connectivity index (χ3n) is 2.37. The molecule has 0 aliphatic carbocycles. The number of nitrogens with zero attached hydrogens (tertiary/aromatic N) is 1. The fourth-order valence-electron chi connectivity index (χ4n) is 1.46. The normalized spacial score (nSPS) is 23.7. The van der Waals surface area contributed by atoms with Crippen LogP contribution in [0.3, 0.4) is 0 Å². The topological polar surface area (TPSA) is 32.8 Å². The van der Waals surface area contributed by atoms with Crippen molar-refractivity contribution < 1.29 is 9.53 Å². The quantitative estimate of drug-likeness (QED) is 0.720. The van der Waals surface area contributed by atoms with Gasteiger partial charge < -0.3 is 9.64 Å². The monoisotopic (exact) mass is 225 g/mol. The van der Waals surface area contributed by atoms with E-state index < -0.39 is 0 Å². The lowest BCUT2D eigenvalue weighted by atomic mass is 10.1. The van der Waals surface area contributed by atoms with E-state index >= 15 is 0 Å². The van der Waals surface area contributed by atoms with Gasteiger partial charge in [0.25, 0.3) is 5.91 Å². The van der Waals surface area contributed by atoms with Crippen LogP contribution in [-0.4, -0.2) is 31.0 Å². The summed E-state index contributed by atoms with van der Waals surface area (Å²) in [4.78, 5) is 13.1. The third kappa shape index (κ3) is 2.13. The van der Waals surface area contributed by atoms with E-state index in [0.717, 1.165) is 5.56 Å². The van der Waals surface area contributed by atoms with Gasteiger partial charge in [-0.25, -0.2) is 0 Å². The Morgan fingerprint density at radius 1 is 1.33 bits per heavy atom. The Morgan fingerprint density at radius 3 is 2.47 bits per heavy atom. The third-order valence-corrected chi connectivity index (χ3v) is 2.63. The maximum absolute atomic E-state index is 11.5. The molecule has 3 nitrogen and oxygen atoms in total. The van der Waals surface area contributed by atoms with E-state index in [1.54, 1.807) is 31.1 Å². The fourth-order valence-corrected chi connectivity index (χ4v) is 1.59. The van der Waals surface area contributed by atoms with Gasteiger partial charge in [-0.1, -0.05) is 23.7 Å². The van der Waals surface area contributed by atoms with E-state index in [2.05, 4.69) is 0 Å². The molecule has 1 aromatic carbocycles. The number of rotatable bonds is 2. The maximum Gasteiger partial charge on any atom is 0.254 e. The number of carbonyl (C=O) groups excluding carboxylic acids is 1.